The molecular weight excluding hydrogens is 488 g/mol. The lowest BCUT2D eigenvalue weighted by atomic mass is 9.80. The van der Waals surface area contributed by atoms with Crippen LogP contribution in [0.5, 0.6) is 0 Å². The molecule has 0 aromatic heterocycles. The van der Waals surface area contributed by atoms with Crippen molar-refractivity contribution in [1.29, 1.82) is 0 Å². The molecule has 0 radical (unpaired) electrons. The highest BCUT2D eigenvalue weighted by Crippen LogP contribution is 2.42. The van der Waals surface area contributed by atoms with E-state index in [9.17, 15) is 9.90 Å². The molecule has 0 amide bonds. The molecule has 2 N–H and O–H groups in total. The van der Waals surface area contributed by atoms with Gasteiger partial charge in [-0.2, -0.15) is 0 Å². The molecule has 4 rings (SSSR count). The fraction of sp³-hybridized carbons (Fsp3) is 0.900. The Bertz CT molecular complexity index is 696. The Morgan fingerprint density at radius 2 is 1.61 bits per heavy atom. The van der Waals surface area contributed by atoms with Crippen LogP contribution in [0.4, 0.5) is 0 Å². The van der Waals surface area contributed by atoms with Crippen molar-refractivity contribution >= 4 is 5.97 Å². The number of hydrogen-bond donors (Lipinski definition) is 2. The monoisotopic (exact) mass is 538 g/mol. The first-order valence-corrected chi connectivity index (χ1v) is 15.3. The van der Waals surface area contributed by atoms with Gasteiger partial charge in [0.05, 0.1) is 24.9 Å². The minimum Gasteiger partial charge on any atom is -0.480 e. The van der Waals surface area contributed by atoms with E-state index in [4.69, 9.17) is 28.8 Å². The zero-order valence-electron chi connectivity index (χ0n) is 23.1. The number of carbonyl (C=O) groups is 1. The maximum absolute atomic E-state index is 11.1. The molecule has 8 nitrogen and oxygen atoms in total. The Hall–Kier alpha value is -1.03. The number of hydrogen-bond acceptors (Lipinski definition) is 7. The molecule has 0 spiro atoms. The molecule has 4 aliphatic rings. The first-order valence-electron chi connectivity index (χ1n) is 15.3. The highest BCUT2D eigenvalue weighted by molar-refractivity contribution is 5.67. The average Bonchev–Trinajstić information content (AvgIpc) is 3.23. The third-order valence-electron chi connectivity index (χ3n) is 8.90. The van der Waals surface area contributed by atoms with Gasteiger partial charge in [-0.05, 0) is 88.4 Å². The lowest BCUT2D eigenvalue weighted by Crippen LogP contribution is -2.35. The second-order valence-corrected chi connectivity index (χ2v) is 11.7. The SMILES string of the molecule is O=C(O)COC/C=C\C[C@@H]1[C@@H](CC[C@@H](OC2CCCCO2)C2CCCCC2)[C@H](OC2CCCCO2)C[C@@H]1O. The van der Waals surface area contributed by atoms with Gasteiger partial charge in [-0.1, -0.05) is 31.4 Å². The van der Waals surface area contributed by atoms with Crippen LogP contribution in [0, 0.1) is 17.8 Å². The summed E-state index contributed by atoms with van der Waals surface area (Å²) in [4.78, 5) is 10.7. The highest BCUT2D eigenvalue weighted by atomic mass is 16.7. The van der Waals surface area contributed by atoms with Crippen LogP contribution < -0.4 is 0 Å². The van der Waals surface area contributed by atoms with Gasteiger partial charge in [-0.3, -0.25) is 0 Å². The van der Waals surface area contributed by atoms with Crippen LogP contribution in [0.25, 0.3) is 0 Å². The molecule has 2 aliphatic carbocycles. The minimum atomic E-state index is -0.969. The normalized spacial score (nSPS) is 34.0. The molecule has 2 unspecified atom stereocenters. The summed E-state index contributed by atoms with van der Waals surface area (Å²) in [5, 5.41) is 19.8. The molecule has 2 aliphatic heterocycles. The van der Waals surface area contributed by atoms with Crippen LogP contribution in [0.2, 0.25) is 0 Å². The van der Waals surface area contributed by atoms with E-state index in [1.54, 1.807) is 0 Å². The van der Waals surface area contributed by atoms with Gasteiger partial charge in [-0.25, -0.2) is 4.79 Å². The topological polar surface area (TPSA) is 104 Å². The number of aliphatic hydroxyl groups excluding tert-OH is 1. The number of rotatable bonds is 14. The first-order chi connectivity index (χ1) is 18.6. The van der Waals surface area contributed by atoms with Crippen LogP contribution in [-0.4, -0.2) is 73.5 Å². The molecule has 0 aromatic rings. The maximum atomic E-state index is 11.1. The van der Waals surface area contributed by atoms with Gasteiger partial charge in [0, 0.05) is 19.6 Å². The molecule has 0 aromatic carbocycles. The summed E-state index contributed by atoms with van der Waals surface area (Å²) < 4.78 is 30.2. The van der Waals surface area contributed by atoms with Crippen molar-refractivity contribution < 1.29 is 38.7 Å². The molecule has 38 heavy (non-hydrogen) atoms. The van der Waals surface area contributed by atoms with Crippen molar-refractivity contribution in [3.8, 4) is 0 Å². The summed E-state index contributed by atoms with van der Waals surface area (Å²) in [6.45, 7) is 1.49. The van der Waals surface area contributed by atoms with Gasteiger partial charge in [0.2, 0.25) is 0 Å². The van der Waals surface area contributed by atoms with Crippen molar-refractivity contribution in [2.45, 2.75) is 127 Å². The number of ether oxygens (including phenoxy) is 5. The Morgan fingerprint density at radius 1 is 0.895 bits per heavy atom. The Morgan fingerprint density at radius 3 is 2.29 bits per heavy atom. The van der Waals surface area contributed by atoms with Crippen LogP contribution in [0.15, 0.2) is 12.2 Å². The van der Waals surface area contributed by atoms with E-state index in [2.05, 4.69) is 0 Å². The third kappa shape index (κ3) is 9.56. The van der Waals surface area contributed by atoms with E-state index < -0.39 is 12.1 Å². The van der Waals surface area contributed by atoms with Crippen molar-refractivity contribution in [2.24, 2.45) is 17.8 Å². The van der Waals surface area contributed by atoms with Gasteiger partial charge >= 0.3 is 5.97 Å². The first kappa shape index (κ1) is 29.9. The molecule has 2 saturated heterocycles. The predicted molar refractivity (Wildman–Crippen MR) is 143 cm³/mol. The number of carboxylic acids is 1. The van der Waals surface area contributed by atoms with Gasteiger partial charge < -0.3 is 33.9 Å². The Balaban J connectivity index is 1.39. The molecule has 4 fully saturated rings. The maximum Gasteiger partial charge on any atom is 0.329 e. The van der Waals surface area contributed by atoms with Crippen molar-refractivity contribution in [1.82, 2.24) is 0 Å². The second-order valence-electron chi connectivity index (χ2n) is 11.7. The average molecular weight is 539 g/mol. The number of aliphatic hydroxyl groups is 1. The highest BCUT2D eigenvalue weighted by Gasteiger charge is 2.44. The zero-order valence-corrected chi connectivity index (χ0v) is 23.1. The van der Waals surface area contributed by atoms with E-state index in [0.29, 0.717) is 18.8 Å². The number of aliphatic carboxylic acids is 1. The minimum absolute atomic E-state index is 0.0345. The molecule has 2 heterocycles. The summed E-state index contributed by atoms with van der Waals surface area (Å²) in [5.41, 5.74) is 0. The van der Waals surface area contributed by atoms with E-state index in [1.807, 2.05) is 12.2 Å². The largest absolute Gasteiger partial charge is 0.480 e. The smallest absolute Gasteiger partial charge is 0.329 e. The van der Waals surface area contributed by atoms with Crippen LogP contribution in [0.3, 0.4) is 0 Å². The molecule has 218 valence electrons. The van der Waals surface area contributed by atoms with E-state index in [0.717, 1.165) is 58.2 Å². The Labute approximate surface area is 228 Å². The standard InChI is InChI=1S/C30H50O8/c31-25-20-27(38-30-14-6-9-19-36-30)24(23(25)12-4-7-17-34-21-28(32)33)15-16-26(22-10-2-1-3-11-22)37-29-13-5-8-18-35-29/h4,7,22-27,29-31H,1-3,5-6,8-21H2,(H,32,33)/b7-4-/t23-,24-,25+,26-,27-,29?,30?/m1/s1. The predicted octanol–water partition coefficient (Wildman–Crippen LogP) is 5.22. The molecular formula is C30H50O8. The quantitative estimate of drug-likeness (QED) is 0.229. The summed E-state index contributed by atoms with van der Waals surface area (Å²) in [6.07, 6.45) is 19.3. The lowest BCUT2D eigenvalue weighted by molar-refractivity contribution is -0.207. The molecule has 2 saturated carbocycles. The van der Waals surface area contributed by atoms with E-state index in [-0.39, 0.29) is 49.8 Å². The zero-order chi connectivity index (χ0) is 26.6. The molecule has 0 bridgehead atoms. The number of carboxylic acid groups (broad SMARTS) is 1. The molecule has 8 heteroatoms. The summed E-state index contributed by atoms with van der Waals surface area (Å²) in [7, 11) is 0. The summed E-state index contributed by atoms with van der Waals surface area (Å²) in [5.74, 6) is -0.103. The van der Waals surface area contributed by atoms with Crippen molar-refractivity contribution in [3.05, 3.63) is 12.2 Å². The van der Waals surface area contributed by atoms with Gasteiger partial charge in [0.1, 0.15) is 6.61 Å². The van der Waals surface area contributed by atoms with Crippen LogP contribution in [-0.2, 0) is 28.5 Å². The van der Waals surface area contributed by atoms with Crippen molar-refractivity contribution in [2.75, 3.05) is 26.4 Å². The van der Waals surface area contributed by atoms with Crippen LogP contribution in [0.1, 0.15) is 96.3 Å². The Kier molecular flexibility index (Phi) is 12.8. The second kappa shape index (κ2) is 16.3. The van der Waals surface area contributed by atoms with Gasteiger partial charge in [0.25, 0.3) is 0 Å². The van der Waals surface area contributed by atoms with E-state index >= 15 is 0 Å². The fourth-order valence-corrected chi connectivity index (χ4v) is 6.88. The van der Waals surface area contributed by atoms with Crippen molar-refractivity contribution in [3.63, 3.8) is 0 Å². The van der Waals surface area contributed by atoms with Gasteiger partial charge in [0.15, 0.2) is 12.6 Å². The number of allylic oxidation sites excluding steroid dienone is 1. The lowest BCUT2D eigenvalue weighted by Gasteiger charge is -2.36. The van der Waals surface area contributed by atoms with E-state index in [1.165, 1.54) is 38.5 Å². The summed E-state index contributed by atoms with van der Waals surface area (Å²) >= 11 is 0. The molecule has 7 atom stereocenters. The third-order valence-corrected chi connectivity index (χ3v) is 8.90. The summed E-state index contributed by atoms with van der Waals surface area (Å²) in [6, 6.07) is 0. The fourth-order valence-electron chi connectivity index (χ4n) is 6.88. The van der Waals surface area contributed by atoms with Crippen LogP contribution >= 0.6 is 0 Å². The van der Waals surface area contributed by atoms with Gasteiger partial charge in [-0.15, -0.1) is 0 Å².